The maximum atomic E-state index is 9.27. The van der Waals surface area contributed by atoms with E-state index in [-0.39, 0.29) is 12.6 Å². The van der Waals surface area contributed by atoms with Crippen LogP contribution in [0, 0.1) is 0 Å². The third-order valence-electron chi connectivity index (χ3n) is 3.72. The number of oxazole rings is 1. The lowest BCUT2D eigenvalue weighted by Crippen LogP contribution is -2.22. The molecule has 0 saturated heterocycles. The van der Waals surface area contributed by atoms with E-state index in [4.69, 9.17) is 4.42 Å². The van der Waals surface area contributed by atoms with E-state index in [0.717, 1.165) is 16.8 Å². The van der Waals surface area contributed by atoms with Gasteiger partial charge in [-0.1, -0.05) is 48.5 Å². The van der Waals surface area contributed by atoms with Crippen molar-refractivity contribution in [2.45, 2.75) is 19.0 Å². The van der Waals surface area contributed by atoms with Gasteiger partial charge >= 0.3 is 0 Å². The van der Waals surface area contributed by atoms with Crippen molar-refractivity contribution in [3.63, 3.8) is 0 Å². The number of benzene rings is 2. The van der Waals surface area contributed by atoms with Crippen molar-refractivity contribution in [3.05, 3.63) is 78.2 Å². The van der Waals surface area contributed by atoms with E-state index in [1.807, 2.05) is 48.5 Å². The Labute approximate surface area is 135 Å². The summed E-state index contributed by atoms with van der Waals surface area (Å²) in [4.78, 5) is 4.51. The Balaban J connectivity index is 1.66. The average Bonchev–Trinajstić information content (AvgIpc) is 3.09. The minimum Gasteiger partial charge on any atom is -0.444 e. The van der Waals surface area contributed by atoms with Gasteiger partial charge in [-0.3, -0.25) is 0 Å². The van der Waals surface area contributed by atoms with Gasteiger partial charge in [-0.15, -0.1) is 0 Å². The highest BCUT2D eigenvalue weighted by Crippen LogP contribution is 2.20. The first kappa shape index (κ1) is 15.5. The van der Waals surface area contributed by atoms with Crippen LogP contribution < -0.4 is 5.32 Å². The zero-order chi connectivity index (χ0) is 15.9. The first-order chi connectivity index (χ1) is 11.4. The number of nitrogens with one attached hydrogen (secondary N) is 1. The molecule has 0 amide bonds. The molecule has 4 heteroatoms. The Hall–Kier alpha value is -2.43. The Morgan fingerprint density at radius 1 is 1.00 bits per heavy atom. The first-order valence-electron chi connectivity index (χ1n) is 7.76. The van der Waals surface area contributed by atoms with E-state index in [0.29, 0.717) is 18.9 Å². The lowest BCUT2D eigenvalue weighted by molar-refractivity contribution is 0.265. The van der Waals surface area contributed by atoms with Gasteiger partial charge in [0.05, 0.1) is 5.69 Å². The van der Waals surface area contributed by atoms with Crippen molar-refractivity contribution in [2.24, 2.45) is 0 Å². The van der Waals surface area contributed by atoms with Gasteiger partial charge in [0.1, 0.15) is 6.26 Å². The highest BCUT2D eigenvalue weighted by atomic mass is 16.3. The van der Waals surface area contributed by atoms with E-state index in [1.165, 1.54) is 0 Å². The minimum atomic E-state index is 0.0954. The topological polar surface area (TPSA) is 58.3 Å². The summed E-state index contributed by atoms with van der Waals surface area (Å²) in [6.07, 6.45) is 2.34. The van der Waals surface area contributed by atoms with Crippen LogP contribution in [0.1, 0.15) is 23.7 Å². The molecule has 1 atom stereocenters. The zero-order valence-corrected chi connectivity index (χ0v) is 12.9. The minimum absolute atomic E-state index is 0.0954. The van der Waals surface area contributed by atoms with E-state index < -0.39 is 0 Å². The lowest BCUT2D eigenvalue weighted by Gasteiger charge is -2.17. The molecule has 4 nitrogen and oxygen atoms in total. The van der Waals surface area contributed by atoms with Crippen LogP contribution in [-0.4, -0.2) is 16.7 Å². The predicted octanol–water partition coefficient (Wildman–Crippen LogP) is 3.55. The monoisotopic (exact) mass is 308 g/mol. The molecule has 0 aliphatic heterocycles. The molecule has 0 aliphatic carbocycles. The van der Waals surface area contributed by atoms with Gasteiger partial charge in [0.2, 0.25) is 5.89 Å². The fourth-order valence-corrected chi connectivity index (χ4v) is 2.53. The molecule has 1 heterocycles. The number of rotatable bonds is 7. The van der Waals surface area contributed by atoms with Crippen LogP contribution in [0.5, 0.6) is 0 Å². The molecule has 0 unspecified atom stereocenters. The predicted molar refractivity (Wildman–Crippen MR) is 89.7 cm³/mol. The maximum Gasteiger partial charge on any atom is 0.226 e. The van der Waals surface area contributed by atoms with Crippen LogP contribution in [0.4, 0.5) is 0 Å². The van der Waals surface area contributed by atoms with Gasteiger partial charge in [-0.25, -0.2) is 4.98 Å². The van der Waals surface area contributed by atoms with Crippen LogP contribution in [-0.2, 0) is 6.54 Å². The molecule has 0 spiro atoms. The summed E-state index contributed by atoms with van der Waals surface area (Å²) in [5.74, 6) is 0.626. The maximum absolute atomic E-state index is 9.27. The summed E-state index contributed by atoms with van der Waals surface area (Å²) in [6.45, 7) is 0.733. The number of hydrogen-bond donors (Lipinski definition) is 2. The van der Waals surface area contributed by atoms with Crippen molar-refractivity contribution in [1.82, 2.24) is 10.3 Å². The molecule has 2 N–H and O–H groups in total. The van der Waals surface area contributed by atoms with Crippen LogP contribution >= 0.6 is 0 Å². The fraction of sp³-hybridized carbons (Fsp3) is 0.211. The molecule has 0 aliphatic rings. The SMILES string of the molecule is OCC[C@@H](NCc1coc(-c2ccccc2)n1)c1ccccc1. The van der Waals surface area contributed by atoms with Crippen molar-refractivity contribution >= 4 is 0 Å². The number of aromatic nitrogens is 1. The standard InChI is InChI=1S/C19H20N2O2/c22-12-11-18(15-7-3-1-4-8-15)20-13-17-14-23-19(21-17)16-9-5-2-6-10-16/h1-10,14,18,20,22H,11-13H2/t18-/m1/s1. The van der Waals surface area contributed by atoms with Crippen molar-refractivity contribution in [3.8, 4) is 11.5 Å². The quantitative estimate of drug-likeness (QED) is 0.701. The summed E-state index contributed by atoms with van der Waals surface area (Å²) >= 11 is 0. The third-order valence-corrected chi connectivity index (χ3v) is 3.72. The van der Waals surface area contributed by atoms with Gasteiger partial charge in [0, 0.05) is 24.8 Å². The summed E-state index contributed by atoms with van der Waals surface area (Å²) in [5, 5.41) is 12.7. The van der Waals surface area contributed by atoms with Crippen LogP contribution in [0.3, 0.4) is 0 Å². The molecule has 23 heavy (non-hydrogen) atoms. The van der Waals surface area contributed by atoms with Gasteiger partial charge in [-0.05, 0) is 24.1 Å². The number of aliphatic hydroxyl groups is 1. The first-order valence-corrected chi connectivity index (χ1v) is 7.76. The molecule has 0 radical (unpaired) electrons. The van der Waals surface area contributed by atoms with Gasteiger partial charge in [-0.2, -0.15) is 0 Å². The van der Waals surface area contributed by atoms with Gasteiger partial charge < -0.3 is 14.8 Å². The second-order valence-corrected chi connectivity index (χ2v) is 5.37. The Kier molecular flexibility index (Phi) is 5.19. The van der Waals surface area contributed by atoms with Gasteiger partial charge in [0.25, 0.3) is 0 Å². The number of aliphatic hydroxyl groups excluding tert-OH is 1. The van der Waals surface area contributed by atoms with Crippen molar-refractivity contribution in [1.29, 1.82) is 0 Å². The summed E-state index contributed by atoms with van der Waals surface area (Å²) in [7, 11) is 0. The molecule has 2 aromatic carbocycles. The average molecular weight is 308 g/mol. The Morgan fingerprint density at radius 2 is 1.70 bits per heavy atom. The summed E-state index contributed by atoms with van der Waals surface area (Å²) < 4.78 is 5.55. The van der Waals surface area contributed by atoms with E-state index in [9.17, 15) is 5.11 Å². The summed E-state index contributed by atoms with van der Waals surface area (Å²) in [5.41, 5.74) is 2.98. The Bertz CT molecular complexity index is 711. The fourth-order valence-electron chi connectivity index (χ4n) is 2.53. The molecule has 0 bridgehead atoms. The lowest BCUT2D eigenvalue weighted by atomic mass is 10.0. The highest BCUT2D eigenvalue weighted by molar-refractivity contribution is 5.52. The number of nitrogens with zero attached hydrogens (tertiary/aromatic N) is 1. The normalized spacial score (nSPS) is 12.2. The third kappa shape index (κ3) is 4.06. The van der Waals surface area contributed by atoms with Crippen LogP contribution in [0.25, 0.3) is 11.5 Å². The second-order valence-electron chi connectivity index (χ2n) is 5.37. The zero-order valence-electron chi connectivity index (χ0n) is 12.9. The van der Waals surface area contributed by atoms with Crippen LogP contribution in [0.2, 0.25) is 0 Å². The van der Waals surface area contributed by atoms with Crippen molar-refractivity contribution in [2.75, 3.05) is 6.61 Å². The van der Waals surface area contributed by atoms with Crippen LogP contribution in [0.15, 0.2) is 71.3 Å². The highest BCUT2D eigenvalue weighted by Gasteiger charge is 2.12. The molecule has 0 fully saturated rings. The molecular formula is C19H20N2O2. The smallest absolute Gasteiger partial charge is 0.226 e. The molecule has 1 aromatic heterocycles. The summed E-state index contributed by atoms with van der Waals surface area (Å²) in [6, 6.07) is 20.1. The molecule has 118 valence electrons. The largest absolute Gasteiger partial charge is 0.444 e. The van der Waals surface area contributed by atoms with Crippen molar-refractivity contribution < 1.29 is 9.52 Å². The second kappa shape index (κ2) is 7.72. The molecule has 0 saturated carbocycles. The van der Waals surface area contributed by atoms with E-state index in [2.05, 4.69) is 22.4 Å². The molecular weight excluding hydrogens is 288 g/mol. The van der Waals surface area contributed by atoms with E-state index >= 15 is 0 Å². The Morgan fingerprint density at radius 3 is 2.39 bits per heavy atom. The van der Waals surface area contributed by atoms with Gasteiger partial charge in [0.15, 0.2) is 0 Å². The van der Waals surface area contributed by atoms with E-state index in [1.54, 1.807) is 6.26 Å². The number of hydrogen-bond acceptors (Lipinski definition) is 4. The molecule has 3 aromatic rings. The molecule has 3 rings (SSSR count).